The predicted molar refractivity (Wildman–Crippen MR) is 68.9 cm³/mol. The molecule has 0 bridgehead atoms. The lowest BCUT2D eigenvalue weighted by atomic mass is 10.2. The smallest absolute Gasteiger partial charge is 0.322 e. The van der Waals surface area contributed by atoms with E-state index >= 15 is 0 Å². The average molecular weight is 262 g/mol. The van der Waals surface area contributed by atoms with Crippen molar-refractivity contribution in [3.8, 4) is 11.9 Å². The molecule has 19 heavy (non-hydrogen) atoms. The molecule has 2 aromatic heterocycles. The number of aromatic nitrogens is 4. The van der Waals surface area contributed by atoms with Crippen molar-refractivity contribution in [3.05, 3.63) is 23.9 Å². The van der Waals surface area contributed by atoms with Crippen LogP contribution < -0.4 is 20.5 Å². The van der Waals surface area contributed by atoms with Crippen LogP contribution in [0, 0.1) is 0 Å². The van der Waals surface area contributed by atoms with Crippen LogP contribution in [0.4, 0.5) is 11.9 Å². The first-order valence-corrected chi connectivity index (χ1v) is 5.49. The molecule has 8 heteroatoms. The third kappa shape index (κ3) is 3.41. The Bertz CT molecular complexity index is 563. The molecule has 2 heterocycles. The van der Waals surface area contributed by atoms with Gasteiger partial charge in [-0.1, -0.05) is 0 Å². The van der Waals surface area contributed by atoms with Crippen molar-refractivity contribution in [2.75, 3.05) is 25.3 Å². The van der Waals surface area contributed by atoms with Crippen molar-refractivity contribution >= 4 is 11.9 Å². The van der Waals surface area contributed by atoms with Gasteiger partial charge in [-0.2, -0.15) is 15.0 Å². The Balaban J connectivity index is 2.07. The van der Waals surface area contributed by atoms with Crippen LogP contribution in [0.5, 0.6) is 11.9 Å². The van der Waals surface area contributed by atoms with Gasteiger partial charge in [-0.25, -0.2) is 4.98 Å². The van der Waals surface area contributed by atoms with Gasteiger partial charge >= 0.3 is 6.01 Å². The van der Waals surface area contributed by atoms with Gasteiger partial charge in [-0.05, 0) is 11.6 Å². The van der Waals surface area contributed by atoms with E-state index in [0.717, 1.165) is 5.56 Å². The summed E-state index contributed by atoms with van der Waals surface area (Å²) in [5, 5.41) is 3.02. The third-order valence-electron chi connectivity index (χ3n) is 2.27. The highest BCUT2D eigenvalue weighted by molar-refractivity contribution is 5.34. The maximum absolute atomic E-state index is 5.54. The number of nitrogens with zero attached hydrogens (tertiary/aromatic N) is 4. The minimum Gasteiger partial charge on any atom is -0.481 e. The lowest BCUT2D eigenvalue weighted by molar-refractivity contribution is 0.379. The van der Waals surface area contributed by atoms with Crippen LogP contribution in [0.25, 0.3) is 0 Å². The highest BCUT2D eigenvalue weighted by Gasteiger charge is 2.04. The number of hydrogen-bond acceptors (Lipinski definition) is 8. The molecule has 0 atom stereocenters. The van der Waals surface area contributed by atoms with Crippen LogP contribution in [0.3, 0.4) is 0 Å². The first-order valence-electron chi connectivity index (χ1n) is 5.49. The van der Waals surface area contributed by atoms with E-state index in [1.807, 2.05) is 12.1 Å². The fraction of sp³-hybridized carbons (Fsp3) is 0.273. The largest absolute Gasteiger partial charge is 0.481 e. The topological polar surface area (TPSA) is 108 Å². The maximum atomic E-state index is 5.54. The summed E-state index contributed by atoms with van der Waals surface area (Å²) in [6.07, 6.45) is 1.66. The standard InChI is InChI=1S/C11H14N6O2/c1-18-8-5-7(3-4-13-8)6-14-10-15-9(12)16-11(17-10)19-2/h3-5H,6H2,1-2H3,(H3,12,14,15,16,17). The Hall–Kier alpha value is -2.64. The highest BCUT2D eigenvalue weighted by Crippen LogP contribution is 2.12. The lowest BCUT2D eigenvalue weighted by Crippen LogP contribution is -2.08. The number of methoxy groups -OCH3 is 2. The van der Waals surface area contributed by atoms with E-state index in [-0.39, 0.29) is 12.0 Å². The number of nitrogens with one attached hydrogen (secondary N) is 1. The summed E-state index contributed by atoms with van der Waals surface area (Å²) in [5.74, 6) is 0.994. The molecule has 0 saturated carbocycles. The van der Waals surface area contributed by atoms with E-state index in [2.05, 4.69) is 25.3 Å². The second-order valence-electron chi connectivity index (χ2n) is 3.56. The zero-order chi connectivity index (χ0) is 13.7. The summed E-state index contributed by atoms with van der Waals surface area (Å²) in [5.41, 5.74) is 6.51. The number of rotatable bonds is 5. The van der Waals surface area contributed by atoms with Gasteiger partial charge < -0.3 is 20.5 Å². The Morgan fingerprint density at radius 3 is 2.79 bits per heavy atom. The zero-order valence-corrected chi connectivity index (χ0v) is 10.6. The molecular formula is C11H14N6O2. The minimum absolute atomic E-state index is 0.0988. The molecule has 2 rings (SSSR count). The molecule has 0 unspecified atom stereocenters. The maximum Gasteiger partial charge on any atom is 0.322 e. The number of anilines is 2. The molecule has 2 aromatic rings. The SMILES string of the molecule is COc1cc(CNc2nc(N)nc(OC)n2)ccn1. The number of ether oxygens (including phenoxy) is 2. The molecule has 3 N–H and O–H groups in total. The average Bonchev–Trinajstić information content (AvgIpc) is 2.44. The number of pyridine rings is 1. The molecule has 0 aliphatic carbocycles. The molecule has 0 amide bonds. The Labute approximate surface area is 110 Å². The third-order valence-corrected chi connectivity index (χ3v) is 2.27. The fourth-order valence-electron chi connectivity index (χ4n) is 1.40. The van der Waals surface area contributed by atoms with E-state index < -0.39 is 0 Å². The molecule has 0 fully saturated rings. The summed E-state index contributed by atoms with van der Waals surface area (Å²) >= 11 is 0. The van der Waals surface area contributed by atoms with Gasteiger partial charge in [-0.3, -0.25) is 0 Å². The second kappa shape index (κ2) is 5.80. The van der Waals surface area contributed by atoms with Crippen LogP contribution in [0.2, 0.25) is 0 Å². The first-order chi connectivity index (χ1) is 9.21. The lowest BCUT2D eigenvalue weighted by Gasteiger charge is -2.07. The van der Waals surface area contributed by atoms with Crippen molar-refractivity contribution in [1.29, 1.82) is 0 Å². The van der Waals surface area contributed by atoms with Crippen molar-refractivity contribution < 1.29 is 9.47 Å². The molecule has 100 valence electrons. The molecule has 0 aromatic carbocycles. The second-order valence-corrected chi connectivity index (χ2v) is 3.56. The monoisotopic (exact) mass is 262 g/mol. The summed E-state index contributed by atoms with van der Waals surface area (Å²) in [6, 6.07) is 3.84. The summed E-state index contributed by atoms with van der Waals surface area (Å²) in [4.78, 5) is 15.8. The van der Waals surface area contributed by atoms with E-state index in [9.17, 15) is 0 Å². The highest BCUT2D eigenvalue weighted by atomic mass is 16.5. The van der Waals surface area contributed by atoms with E-state index in [4.69, 9.17) is 15.2 Å². The van der Waals surface area contributed by atoms with Crippen LogP contribution in [-0.2, 0) is 6.54 Å². The van der Waals surface area contributed by atoms with Crippen molar-refractivity contribution in [3.63, 3.8) is 0 Å². The Morgan fingerprint density at radius 1 is 1.21 bits per heavy atom. The summed E-state index contributed by atoms with van der Waals surface area (Å²) in [6.45, 7) is 0.505. The van der Waals surface area contributed by atoms with Crippen molar-refractivity contribution in [2.24, 2.45) is 0 Å². The molecular weight excluding hydrogens is 248 g/mol. The van der Waals surface area contributed by atoms with E-state index in [0.29, 0.717) is 18.4 Å². The van der Waals surface area contributed by atoms with E-state index in [1.165, 1.54) is 7.11 Å². The zero-order valence-electron chi connectivity index (χ0n) is 10.6. The van der Waals surface area contributed by atoms with Gasteiger partial charge in [0.2, 0.25) is 17.8 Å². The van der Waals surface area contributed by atoms with Gasteiger partial charge in [0.25, 0.3) is 0 Å². The molecule has 0 radical (unpaired) electrons. The quantitative estimate of drug-likeness (QED) is 0.800. The van der Waals surface area contributed by atoms with Gasteiger partial charge in [0, 0.05) is 18.8 Å². The Morgan fingerprint density at radius 2 is 2.05 bits per heavy atom. The van der Waals surface area contributed by atoms with Gasteiger partial charge in [-0.15, -0.1) is 0 Å². The molecule has 0 saturated heterocycles. The fourth-order valence-corrected chi connectivity index (χ4v) is 1.40. The summed E-state index contributed by atoms with van der Waals surface area (Å²) in [7, 11) is 3.03. The molecule has 0 aliphatic heterocycles. The van der Waals surface area contributed by atoms with Crippen LogP contribution >= 0.6 is 0 Å². The molecule has 0 aliphatic rings. The van der Waals surface area contributed by atoms with Crippen LogP contribution in [-0.4, -0.2) is 34.2 Å². The number of nitrogens with two attached hydrogens (primary N) is 1. The predicted octanol–water partition coefficient (Wildman–Crippen LogP) is 0.478. The summed E-state index contributed by atoms with van der Waals surface area (Å²) < 4.78 is 9.95. The minimum atomic E-state index is 0.0988. The van der Waals surface area contributed by atoms with Gasteiger partial charge in [0.15, 0.2) is 0 Å². The van der Waals surface area contributed by atoms with Crippen LogP contribution in [0.15, 0.2) is 18.3 Å². The Kier molecular flexibility index (Phi) is 3.91. The number of hydrogen-bond donors (Lipinski definition) is 2. The van der Waals surface area contributed by atoms with Crippen molar-refractivity contribution in [2.45, 2.75) is 6.54 Å². The van der Waals surface area contributed by atoms with Crippen molar-refractivity contribution in [1.82, 2.24) is 19.9 Å². The van der Waals surface area contributed by atoms with Gasteiger partial charge in [0.1, 0.15) is 0 Å². The molecule has 0 spiro atoms. The first kappa shape index (κ1) is 12.8. The van der Waals surface area contributed by atoms with Gasteiger partial charge in [0.05, 0.1) is 14.2 Å². The van der Waals surface area contributed by atoms with Crippen LogP contribution in [0.1, 0.15) is 5.56 Å². The normalized spacial score (nSPS) is 10.0. The molecule has 8 nitrogen and oxygen atoms in total. The number of nitrogen functional groups attached to an aromatic ring is 1. The van der Waals surface area contributed by atoms with E-state index in [1.54, 1.807) is 13.3 Å².